The van der Waals surface area contributed by atoms with Crippen LogP contribution in [0.2, 0.25) is 0 Å². The summed E-state index contributed by atoms with van der Waals surface area (Å²) in [5.74, 6) is 0. The predicted molar refractivity (Wildman–Crippen MR) is 327 cm³/mol. The van der Waals surface area contributed by atoms with Gasteiger partial charge in [-0.1, -0.05) is 197 Å². The lowest BCUT2D eigenvalue weighted by Gasteiger charge is -2.45. The SMILES string of the molecule is CC(C)(C)c1cc2c3c(c1)N(c1ccccc1)c1cc4cocc4cc1B3c1ccc(N(c3ccc4ccccc4c3)c3cc(-c4cccc5ccccc45)ccc3-c3cccc4ccccc34)cc1N2c1ccccc1. The molecule has 4 nitrogen and oxygen atoms in total. The van der Waals surface area contributed by atoms with E-state index in [0.29, 0.717) is 0 Å². The summed E-state index contributed by atoms with van der Waals surface area (Å²) in [6.45, 7) is 6.91. The van der Waals surface area contributed by atoms with E-state index < -0.39 is 0 Å². The number of anilines is 9. The number of nitrogens with zero attached hydrogens (tertiary/aromatic N) is 3. The van der Waals surface area contributed by atoms with E-state index in [9.17, 15) is 0 Å². The number of hydrogen-bond donors (Lipinski definition) is 0. The van der Waals surface area contributed by atoms with Crippen molar-refractivity contribution in [1.82, 2.24) is 0 Å². The summed E-state index contributed by atoms with van der Waals surface area (Å²) >= 11 is 0. The van der Waals surface area contributed by atoms with E-state index >= 15 is 0 Å². The zero-order valence-electron chi connectivity index (χ0n) is 43.2. The first-order valence-corrected chi connectivity index (χ1v) is 26.7. The predicted octanol–water partition coefficient (Wildman–Crippen LogP) is 18.1. The quantitative estimate of drug-likeness (QED) is 0.148. The second-order valence-corrected chi connectivity index (χ2v) is 21.8. The van der Waals surface area contributed by atoms with Gasteiger partial charge in [0.05, 0.1) is 18.2 Å². The van der Waals surface area contributed by atoms with Crippen molar-refractivity contribution in [2.75, 3.05) is 14.7 Å². The molecular formula is C72H52BN3O. The van der Waals surface area contributed by atoms with Gasteiger partial charge in [-0.25, -0.2) is 0 Å². The minimum atomic E-state index is -0.164. The summed E-state index contributed by atoms with van der Waals surface area (Å²) in [7, 11) is 0. The molecule has 2 aliphatic rings. The molecule has 0 bridgehead atoms. The Morgan fingerprint density at radius 2 is 0.922 bits per heavy atom. The molecule has 0 saturated heterocycles. The lowest BCUT2D eigenvalue weighted by molar-refractivity contribution is 0.572. The fourth-order valence-electron chi connectivity index (χ4n) is 12.5. The Bertz CT molecular complexity index is 4470. The molecule has 5 heteroatoms. The first-order valence-electron chi connectivity index (χ1n) is 26.7. The van der Waals surface area contributed by atoms with Crippen LogP contribution in [-0.2, 0) is 5.41 Å². The van der Waals surface area contributed by atoms with Crippen LogP contribution in [0.3, 0.4) is 0 Å². The lowest BCUT2D eigenvalue weighted by atomic mass is 9.33. The molecule has 15 rings (SSSR count). The minimum Gasteiger partial charge on any atom is -0.471 e. The standard InChI is InChI=1S/C72H52BN3O/c1-72(2,3)54-42-69-71-70(43-54)76(56-26-8-5-9-27-56)68-44-58(35-37-64(68)73(71)65-39-52-45-77-46-53(52)41-67(65)75(69)55-24-6-4-7-25-55)74(57-34-32-47-18-10-11-21-50(47)38-57)66-40-51(61-30-16-22-48-19-12-14-28-59(48)61)33-36-63(66)62-31-17-23-49-20-13-15-29-60(49)62/h4-46H,1-3H3. The van der Waals surface area contributed by atoms with Gasteiger partial charge in [-0.2, -0.15) is 0 Å². The van der Waals surface area contributed by atoms with Crippen LogP contribution in [-0.4, -0.2) is 6.71 Å². The maximum Gasteiger partial charge on any atom is 0.252 e. The smallest absolute Gasteiger partial charge is 0.252 e. The third-order valence-electron chi connectivity index (χ3n) is 16.2. The zero-order valence-corrected chi connectivity index (χ0v) is 43.2. The number of rotatable bonds is 7. The van der Waals surface area contributed by atoms with Crippen molar-refractivity contribution in [3.8, 4) is 22.3 Å². The second-order valence-electron chi connectivity index (χ2n) is 21.8. The van der Waals surface area contributed by atoms with Crippen molar-refractivity contribution >= 4 is 117 Å². The summed E-state index contributed by atoms with van der Waals surface area (Å²) in [6, 6.07) is 92.5. The van der Waals surface area contributed by atoms with Crippen molar-refractivity contribution < 1.29 is 4.42 Å². The molecule has 0 radical (unpaired) electrons. The van der Waals surface area contributed by atoms with Gasteiger partial charge in [-0.05, 0) is 149 Å². The molecule has 0 fully saturated rings. The van der Waals surface area contributed by atoms with Crippen molar-refractivity contribution in [2.24, 2.45) is 0 Å². The van der Waals surface area contributed by atoms with Gasteiger partial charge in [0.25, 0.3) is 6.71 Å². The monoisotopic (exact) mass is 985 g/mol. The largest absolute Gasteiger partial charge is 0.471 e. The van der Waals surface area contributed by atoms with E-state index in [-0.39, 0.29) is 12.1 Å². The van der Waals surface area contributed by atoms with E-state index in [1.807, 2.05) is 12.5 Å². The Labute approximate surface area is 449 Å². The Balaban J connectivity index is 1.04. The average molecular weight is 986 g/mol. The highest BCUT2D eigenvalue weighted by atomic mass is 16.3. The van der Waals surface area contributed by atoms with Crippen LogP contribution < -0.4 is 31.1 Å². The topological polar surface area (TPSA) is 22.9 Å². The summed E-state index contributed by atoms with van der Waals surface area (Å²) < 4.78 is 5.96. The van der Waals surface area contributed by atoms with E-state index in [4.69, 9.17) is 4.42 Å². The van der Waals surface area contributed by atoms with Crippen LogP contribution in [0.15, 0.2) is 266 Å². The van der Waals surface area contributed by atoms with Crippen molar-refractivity contribution in [3.05, 3.63) is 267 Å². The highest BCUT2D eigenvalue weighted by Gasteiger charge is 2.44. The van der Waals surface area contributed by atoms with Crippen LogP contribution in [0.4, 0.5) is 51.2 Å². The Kier molecular flexibility index (Phi) is 10.2. The molecule has 13 aromatic rings. The Morgan fingerprint density at radius 3 is 1.60 bits per heavy atom. The normalized spacial score (nSPS) is 12.8. The van der Waals surface area contributed by atoms with Crippen molar-refractivity contribution in [1.29, 1.82) is 0 Å². The van der Waals surface area contributed by atoms with Crippen molar-refractivity contribution in [3.63, 3.8) is 0 Å². The molecule has 3 heterocycles. The highest BCUT2D eigenvalue weighted by molar-refractivity contribution is 7.00. The first-order chi connectivity index (χ1) is 37.8. The fraction of sp³-hybridized carbons (Fsp3) is 0.0556. The number of hydrogen-bond acceptors (Lipinski definition) is 4. The van der Waals surface area contributed by atoms with Crippen LogP contribution in [0.25, 0.3) is 65.3 Å². The number of fused-ring (bicyclic) bond motifs is 8. The number of benzene rings is 12. The first kappa shape index (κ1) is 44.9. The van der Waals surface area contributed by atoms with E-state index in [2.05, 4.69) is 284 Å². The second kappa shape index (κ2) is 17.5. The lowest BCUT2D eigenvalue weighted by Crippen LogP contribution is -2.61. The molecule has 364 valence electrons. The zero-order chi connectivity index (χ0) is 51.4. The average Bonchev–Trinajstić information content (AvgIpc) is 4.00. The molecule has 0 unspecified atom stereocenters. The number of furan rings is 1. The van der Waals surface area contributed by atoms with Gasteiger partial charge in [-0.15, -0.1) is 0 Å². The van der Waals surface area contributed by atoms with Gasteiger partial charge in [0.2, 0.25) is 0 Å². The third kappa shape index (κ3) is 7.29. The Morgan fingerprint density at radius 1 is 0.377 bits per heavy atom. The molecule has 0 aliphatic carbocycles. The Hall–Kier alpha value is -9.58. The van der Waals surface area contributed by atoms with Crippen LogP contribution in [0.5, 0.6) is 0 Å². The molecule has 1 aromatic heterocycles. The molecule has 0 N–H and O–H groups in total. The summed E-state index contributed by atoms with van der Waals surface area (Å²) in [5, 5.41) is 9.41. The summed E-state index contributed by atoms with van der Waals surface area (Å²) in [5.41, 5.74) is 19.7. The van der Waals surface area contributed by atoms with Crippen LogP contribution in [0, 0.1) is 0 Å². The molecular weight excluding hydrogens is 934 g/mol. The van der Waals surface area contributed by atoms with Crippen LogP contribution in [0.1, 0.15) is 26.3 Å². The fourth-order valence-corrected chi connectivity index (χ4v) is 12.5. The van der Waals surface area contributed by atoms with Gasteiger partial charge < -0.3 is 19.1 Å². The molecule has 2 aliphatic heterocycles. The molecule has 77 heavy (non-hydrogen) atoms. The number of para-hydroxylation sites is 2. The van der Waals surface area contributed by atoms with E-state index in [1.54, 1.807) is 0 Å². The maximum atomic E-state index is 5.96. The van der Waals surface area contributed by atoms with Gasteiger partial charge >= 0.3 is 0 Å². The van der Waals surface area contributed by atoms with Crippen LogP contribution >= 0.6 is 0 Å². The maximum absolute atomic E-state index is 5.96. The molecule has 0 amide bonds. The van der Waals surface area contributed by atoms with Gasteiger partial charge in [-0.3, -0.25) is 0 Å². The summed E-state index contributed by atoms with van der Waals surface area (Å²) in [4.78, 5) is 7.56. The van der Waals surface area contributed by atoms with Crippen molar-refractivity contribution in [2.45, 2.75) is 26.2 Å². The summed E-state index contributed by atoms with van der Waals surface area (Å²) in [6.07, 6.45) is 3.78. The van der Waals surface area contributed by atoms with E-state index in [1.165, 1.54) is 76.8 Å². The molecule has 0 atom stereocenters. The molecule has 0 saturated carbocycles. The minimum absolute atomic E-state index is 0.0951. The molecule has 0 spiro atoms. The highest BCUT2D eigenvalue weighted by Crippen LogP contribution is 2.50. The van der Waals surface area contributed by atoms with Gasteiger partial charge in [0, 0.05) is 61.8 Å². The van der Waals surface area contributed by atoms with E-state index in [0.717, 1.165) is 61.7 Å². The van der Waals surface area contributed by atoms with Gasteiger partial charge in [0.15, 0.2) is 0 Å². The van der Waals surface area contributed by atoms with Gasteiger partial charge in [0.1, 0.15) is 0 Å². The molecule has 12 aromatic carbocycles. The third-order valence-corrected chi connectivity index (χ3v) is 16.2.